The summed E-state index contributed by atoms with van der Waals surface area (Å²) in [4.78, 5) is 21.9. The van der Waals surface area contributed by atoms with Gasteiger partial charge in [-0.3, -0.25) is 4.79 Å². The van der Waals surface area contributed by atoms with E-state index in [1.54, 1.807) is 0 Å². The predicted molar refractivity (Wildman–Crippen MR) is 93.8 cm³/mol. The number of alkyl carbamates (subject to hydrolysis) is 1. The van der Waals surface area contributed by atoms with Crippen LogP contribution in [0.4, 0.5) is 4.79 Å². The molecule has 0 saturated carbocycles. The molecule has 8 nitrogen and oxygen atoms in total. The molecule has 0 aromatic heterocycles. The van der Waals surface area contributed by atoms with Crippen molar-refractivity contribution in [3.63, 3.8) is 0 Å². The molecule has 1 amide bonds. The molecule has 1 atom stereocenters. The molecule has 2 N–H and O–H groups in total. The zero-order valence-corrected chi connectivity index (χ0v) is 15.2. The molecule has 0 heterocycles. The van der Waals surface area contributed by atoms with Crippen molar-refractivity contribution in [1.29, 1.82) is 0 Å². The van der Waals surface area contributed by atoms with Crippen LogP contribution in [-0.4, -0.2) is 69.5 Å². The molecule has 0 saturated heterocycles. The quantitative estimate of drug-likeness (QED) is 0.374. The van der Waals surface area contributed by atoms with E-state index in [-0.39, 0.29) is 19.1 Å². The Kier molecular flexibility index (Phi) is 13.2. The zero-order valence-electron chi connectivity index (χ0n) is 15.2. The first-order valence-electron chi connectivity index (χ1n) is 9.06. The molecule has 0 spiro atoms. The number of hydrogen-bond donors (Lipinski definition) is 2. The Morgan fingerprint density at radius 3 is 2.38 bits per heavy atom. The average Bonchev–Trinajstić information content (AvgIpc) is 2.58. The molecular formula is C18H29NO7. The van der Waals surface area contributed by atoms with Gasteiger partial charge in [0.25, 0.3) is 0 Å². The van der Waals surface area contributed by atoms with E-state index in [0.717, 1.165) is 32.1 Å². The number of carboxylic acid groups (broad SMARTS) is 1. The van der Waals surface area contributed by atoms with Crippen LogP contribution < -0.4 is 5.32 Å². The van der Waals surface area contributed by atoms with Crippen LogP contribution in [0, 0.1) is 11.8 Å². The summed E-state index contributed by atoms with van der Waals surface area (Å²) < 4.78 is 20.9. The van der Waals surface area contributed by atoms with Crippen LogP contribution in [0.1, 0.15) is 38.5 Å². The summed E-state index contributed by atoms with van der Waals surface area (Å²) in [6.45, 7) is 2.45. The second-order valence-corrected chi connectivity index (χ2v) is 5.72. The van der Waals surface area contributed by atoms with E-state index in [1.165, 1.54) is 0 Å². The van der Waals surface area contributed by atoms with E-state index in [0.29, 0.717) is 39.6 Å². The highest BCUT2D eigenvalue weighted by molar-refractivity contribution is 5.67. The van der Waals surface area contributed by atoms with E-state index in [9.17, 15) is 9.59 Å². The maximum Gasteiger partial charge on any atom is 0.408 e. The van der Waals surface area contributed by atoms with Crippen LogP contribution >= 0.6 is 0 Å². The van der Waals surface area contributed by atoms with Crippen LogP contribution in [0.2, 0.25) is 0 Å². The fourth-order valence-corrected chi connectivity index (χ4v) is 2.16. The van der Waals surface area contributed by atoms with Gasteiger partial charge in [0.05, 0.1) is 46.1 Å². The molecule has 1 unspecified atom stereocenters. The first kappa shape index (κ1) is 22.2. The maximum absolute atomic E-state index is 11.7. The summed E-state index contributed by atoms with van der Waals surface area (Å²) in [7, 11) is 0. The number of carbonyl (C=O) groups excluding carboxylic acids is 1. The summed E-state index contributed by atoms with van der Waals surface area (Å²) >= 11 is 0. The third kappa shape index (κ3) is 13.5. The lowest BCUT2D eigenvalue weighted by molar-refractivity contribution is -0.138. The molecule has 0 aliphatic heterocycles. The first-order chi connectivity index (χ1) is 12.7. The van der Waals surface area contributed by atoms with Crippen LogP contribution in [0.5, 0.6) is 0 Å². The third-order valence-corrected chi connectivity index (χ3v) is 3.50. The van der Waals surface area contributed by atoms with Gasteiger partial charge in [0.15, 0.2) is 6.10 Å². The second kappa shape index (κ2) is 15.4. The predicted octanol–water partition coefficient (Wildman–Crippen LogP) is 1.57. The van der Waals surface area contributed by atoms with Gasteiger partial charge < -0.3 is 29.4 Å². The largest absolute Gasteiger partial charge is 0.481 e. The van der Waals surface area contributed by atoms with Gasteiger partial charge >= 0.3 is 12.1 Å². The normalized spacial score (nSPS) is 16.7. The van der Waals surface area contributed by atoms with Crippen LogP contribution in [-0.2, 0) is 23.7 Å². The van der Waals surface area contributed by atoms with Crippen molar-refractivity contribution < 1.29 is 33.6 Å². The molecule has 1 aliphatic carbocycles. The Morgan fingerprint density at radius 1 is 0.962 bits per heavy atom. The molecule has 1 aliphatic rings. The highest BCUT2D eigenvalue weighted by Gasteiger charge is 2.12. The summed E-state index contributed by atoms with van der Waals surface area (Å²) in [5.74, 6) is 5.13. The standard InChI is InChI=1S/C18H29NO7/c20-17(21)8-10-23-12-14-25-15-13-24-11-9-19-18(22)26-16-6-4-2-1-3-5-7-16/h16H,1-4,6,8-15H2,(H,19,22)(H,20,21). The average molecular weight is 371 g/mol. The molecule has 8 heteroatoms. The fraction of sp³-hybridized carbons (Fsp3) is 0.778. The van der Waals surface area contributed by atoms with Crippen molar-refractivity contribution in [3.8, 4) is 11.8 Å². The van der Waals surface area contributed by atoms with Gasteiger partial charge in [0, 0.05) is 13.0 Å². The molecule has 0 bridgehead atoms. The number of ether oxygens (including phenoxy) is 4. The SMILES string of the molecule is O=C(O)CCOCCOCCOCCNC(=O)OC1C#CCCCCC1. The van der Waals surface area contributed by atoms with Crippen molar-refractivity contribution in [2.24, 2.45) is 0 Å². The molecule has 1 rings (SSSR count). The lowest BCUT2D eigenvalue weighted by atomic mass is 10.1. The van der Waals surface area contributed by atoms with E-state index >= 15 is 0 Å². The summed E-state index contributed by atoms with van der Waals surface area (Å²) in [5.41, 5.74) is 0. The fourth-order valence-electron chi connectivity index (χ4n) is 2.16. The highest BCUT2D eigenvalue weighted by atomic mass is 16.6. The van der Waals surface area contributed by atoms with Gasteiger partial charge in [-0.15, -0.1) is 0 Å². The molecule has 0 radical (unpaired) electrons. The minimum atomic E-state index is -0.880. The minimum absolute atomic E-state index is 0.00807. The van der Waals surface area contributed by atoms with Crippen molar-refractivity contribution in [3.05, 3.63) is 0 Å². The monoisotopic (exact) mass is 371 g/mol. The van der Waals surface area contributed by atoms with Crippen LogP contribution in [0.15, 0.2) is 0 Å². The molecule has 26 heavy (non-hydrogen) atoms. The van der Waals surface area contributed by atoms with Gasteiger partial charge in [-0.2, -0.15) is 0 Å². The van der Waals surface area contributed by atoms with Gasteiger partial charge in [-0.1, -0.05) is 18.3 Å². The Labute approximate surface area is 154 Å². The third-order valence-electron chi connectivity index (χ3n) is 3.50. The van der Waals surface area contributed by atoms with E-state index < -0.39 is 12.1 Å². The molecule has 0 aromatic carbocycles. The van der Waals surface area contributed by atoms with E-state index in [4.69, 9.17) is 24.1 Å². The number of amides is 1. The van der Waals surface area contributed by atoms with Crippen molar-refractivity contribution >= 4 is 12.1 Å². The number of rotatable bonds is 13. The number of carbonyl (C=O) groups is 2. The smallest absolute Gasteiger partial charge is 0.408 e. The molecular weight excluding hydrogens is 342 g/mol. The zero-order chi connectivity index (χ0) is 18.9. The van der Waals surface area contributed by atoms with Crippen molar-refractivity contribution in [2.75, 3.05) is 46.2 Å². The Bertz CT molecular complexity index is 458. The van der Waals surface area contributed by atoms with Crippen molar-refractivity contribution in [2.45, 2.75) is 44.6 Å². The Hall–Kier alpha value is -1.82. The second-order valence-electron chi connectivity index (χ2n) is 5.72. The van der Waals surface area contributed by atoms with Gasteiger partial charge in [0.2, 0.25) is 0 Å². The van der Waals surface area contributed by atoms with E-state index in [1.807, 2.05) is 0 Å². The van der Waals surface area contributed by atoms with Crippen LogP contribution in [0.3, 0.4) is 0 Å². The lowest BCUT2D eigenvalue weighted by Gasteiger charge is -2.14. The van der Waals surface area contributed by atoms with Crippen LogP contribution in [0.25, 0.3) is 0 Å². The number of aliphatic carboxylic acids is 1. The Balaban J connectivity index is 1.87. The number of hydrogen-bond acceptors (Lipinski definition) is 6. The molecule has 148 valence electrons. The molecule has 0 fully saturated rings. The lowest BCUT2D eigenvalue weighted by Crippen LogP contribution is -2.31. The topological polar surface area (TPSA) is 103 Å². The highest BCUT2D eigenvalue weighted by Crippen LogP contribution is 2.10. The minimum Gasteiger partial charge on any atom is -0.481 e. The number of nitrogens with one attached hydrogen (secondary N) is 1. The van der Waals surface area contributed by atoms with Crippen molar-refractivity contribution in [1.82, 2.24) is 5.32 Å². The summed E-state index contributed by atoms with van der Waals surface area (Å²) in [6.07, 6.45) is 4.13. The number of carboxylic acids is 1. The van der Waals surface area contributed by atoms with Gasteiger partial charge in [0.1, 0.15) is 0 Å². The Morgan fingerprint density at radius 2 is 1.65 bits per heavy atom. The summed E-state index contributed by atoms with van der Waals surface area (Å²) in [6, 6.07) is 0. The molecule has 0 aromatic rings. The summed E-state index contributed by atoms with van der Waals surface area (Å²) in [5, 5.41) is 11.1. The van der Waals surface area contributed by atoms with Gasteiger partial charge in [-0.05, 0) is 19.3 Å². The maximum atomic E-state index is 11.7. The van der Waals surface area contributed by atoms with E-state index in [2.05, 4.69) is 17.2 Å². The van der Waals surface area contributed by atoms with Gasteiger partial charge in [-0.25, -0.2) is 4.79 Å². The first-order valence-corrected chi connectivity index (χ1v) is 9.06.